The second-order valence-electron chi connectivity index (χ2n) is 7.04. The summed E-state index contributed by atoms with van der Waals surface area (Å²) in [5.74, 6) is -0.724. The standard InChI is InChI=1S/C18H26FN3O3S.ClH/c1-20-12-16-5-3-11-22(16)18(23)14-4-2-10-21(13-14)26(24,25)17-8-6-15(19)7-9-17;/h6-9,14,16,20H,2-5,10-13H2,1H3;1H. The average Bonchev–Trinajstić information content (AvgIpc) is 3.10. The lowest BCUT2D eigenvalue weighted by atomic mass is 9.97. The molecule has 2 fully saturated rings. The lowest BCUT2D eigenvalue weighted by Gasteiger charge is -2.35. The van der Waals surface area contributed by atoms with E-state index < -0.39 is 15.8 Å². The molecule has 2 saturated heterocycles. The van der Waals surface area contributed by atoms with Crippen LogP contribution in [0.5, 0.6) is 0 Å². The summed E-state index contributed by atoms with van der Waals surface area (Å²) in [5.41, 5.74) is 0. The number of sulfonamides is 1. The summed E-state index contributed by atoms with van der Waals surface area (Å²) in [7, 11) is -1.84. The van der Waals surface area contributed by atoms with E-state index in [0.29, 0.717) is 19.4 Å². The Kier molecular flexibility index (Phi) is 7.62. The fourth-order valence-corrected chi connectivity index (χ4v) is 5.45. The number of benzene rings is 1. The van der Waals surface area contributed by atoms with Crippen LogP contribution in [0.15, 0.2) is 29.2 Å². The van der Waals surface area contributed by atoms with Crippen LogP contribution in [0.4, 0.5) is 4.39 Å². The number of carbonyl (C=O) groups excluding carboxylic acids is 1. The summed E-state index contributed by atoms with van der Waals surface area (Å²) in [6.45, 7) is 2.09. The fraction of sp³-hybridized carbons (Fsp3) is 0.611. The molecule has 0 spiro atoms. The first kappa shape index (κ1) is 22.1. The minimum Gasteiger partial charge on any atom is -0.338 e. The molecule has 27 heavy (non-hydrogen) atoms. The topological polar surface area (TPSA) is 69.7 Å². The highest BCUT2D eigenvalue weighted by Gasteiger charge is 2.38. The highest BCUT2D eigenvalue weighted by Crippen LogP contribution is 2.27. The third-order valence-electron chi connectivity index (χ3n) is 5.28. The molecule has 3 rings (SSSR count). The fourth-order valence-electron chi connectivity index (χ4n) is 3.93. The molecule has 0 aliphatic carbocycles. The van der Waals surface area contributed by atoms with Gasteiger partial charge in [0, 0.05) is 32.2 Å². The lowest BCUT2D eigenvalue weighted by Crippen LogP contribution is -2.49. The first-order valence-corrected chi connectivity index (χ1v) is 10.6. The van der Waals surface area contributed by atoms with Crippen molar-refractivity contribution >= 4 is 28.3 Å². The summed E-state index contributed by atoms with van der Waals surface area (Å²) in [6, 6.07) is 5.04. The van der Waals surface area contributed by atoms with E-state index in [1.165, 1.54) is 16.4 Å². The van der Waals surface area contributed by atoms with E-state index in [-0.39, 0.29) is 41.7 Å². The molecule has 2 atom stereocenters. The van der Waals surface area contributed by atoms with Gasteiger partial charge in [0.15, 0.2) is 0 Å². The zero-order chi connectivity index (χ0) is 18.7. The maximum atomic E-state index is 13.1. The Morgan fingerprint density at radius 3 is 2.52 bits per heavy atom. The van der Waals surface area contributed by atoms with Crippen LogP contribution >= 0.6 is 12.4 Å². The van der Waals surface area contributed by atoms with Crippen molar-refractivity contribution in [3.63, 3.8) is 0 Å². The predicted octanol–water partition coefficient (Wildman–Crippen LogP) is 1.86. The van der Waals surface area contributed by atoms with Crippen LogP contribution in [0.3, 0.4) is 0 Å². The van der Waals surface area contributed by atoms with Gasteiger partial charge < -0.3 is 10.2 Å². The van der Waals surface area contributed by atoms with Gasteiger partial charge in [-0.1, -0.05) is 0 Å². The summed E-state index contributed by atoms with van der Waals surface area (Å²) >= 11 is 0. The highest BCUT2D eigenvalue weighted by molar-refractivity contribution is 7.89. The Morgan fingerprint density at radius 1 is 1.19 bits per heavy atom. The second-order valence-corrected chi connectivity index (χ2v) is 8.98. The van der Waals surface area contributed by atoms with Crippen LogP contribution in [0.2, 0.25) is 0 Å². The normalized spacial score (nSPS) is 23.9. The van der Waals surface area contributed by atoms with Gasteiger partial charge in [0.1, 0.15) is 5.82 Å². The number of hydrogen-bond acceptors (Lipinski definition) is 4. The average molecular weight is 420 g/mol. The molecule has 0 aromatic heterocycles. The van der Waals surface area contributed by atoms with E-state index in [1.54, 1.807) is 0 Å². The molecule has 6 nitrogen and oxygen atoms in total. The van der Waals surface area contributed by atoms with Gasteiger partial charge in [0.2, 0.25) is 15.9 Å². The minimum atomic E-state index is -3.71. The van der Waals surface area contributed by atoms with Gasteiger partial charge in [-0.05, 0) is 57.0 Å². The monoisotopic (exact) mass is 419 g/mol. The molecule has 2 unspecified atom stereocenters. The Morgan fingerprint density at radius 2 is 1.85 bits per heavy atom. The SMILES string of the molecule is CNCC1CCCN1C(=O)C1CCCN(S(=O)(=O)c2ccc(F)cc2)C1.Cl. The molecular weight excluding hydrogens is 393 g/mol. The van der Waals surface area contributed by atoms with Crippen molar-refractivity contribution in [2.24, 2.45) is 5.92 Å². The van der Waals surface area contributed by atoms with Gasteiger partial charge >= 0.3 is 0 Å². The zero-order valence-corrected chi connectivity index (χ0v) is 17.1. The van der Waals surface area contributed by atoms with Crippen molar-refractivity contribution in [2.45, 2.75) is 36.6 Å². The molecule has 1 amide bonds. The first-order chi connectivity index (χ1) is 12.4. The molecular formula is C18H27ClFN3O3S. The maximum absolute atomic E-state index is 13.1. The van der Waals surface area contributed by atoms with E-state index >= 15 is 0 Å². The number of nitrogens with zero attached hydrogens (tertiary/aromatic N) is 2. The quantitative estimate of drug-likeness (QED) is 0.790. The molecule has 1 aromatic carbocycles. The van der Waals surface area contributed by atoms with Crippen LogP contribution in [0, 0.1) is 11.7 Å². The zero-order valence-electron chi connectivity index (χ0n) is 15.4. The van der Waals surface area contributed by atoms with Gasteiger partial charge in [-0.25, -0.2) is 12.8 Å². The van der Waals surface area contributed by atoms with Crippen LogP contribution in [0.1, 0.15) is 25.7 Å². The van der Waals surface area contributed by atoms with Crippen LogP contribution in [-0.2, 0) is 14.8 Å². The van der Waals surface area contributed by atoms with Gasteiger partial charge in [0.05, 0.1) is 10.8 Å². The summed E-state index contributed by atoms with van der Waals surface area (Å²) in [5, 5.41) is 3.13. The number of likely N-dealkylation sites (tertiary alicyclic amines) is 1. The Bertz CT molecular complexity index is 745. The lowest BCUT2D eigenvalue weighted by molar-refractivity contribution is -0.137. The molecule has 2 aliphatic heterocycles. The molecule has 1 aromatic rings. The third-order valence-corrected chi connectivity index (χ3v) is 7.16. The second kappa shape index (κ2) is 9.32. The molecule has 152 valence electrons. The van der Waals surface area contributed by atoms with Gasteiger partial charge in [-0.15, -0.1) is 12.4 Å². The number of piperidine rings is 1. The van der Waals surface area contributed by atoms with Gasteiger partial charge in [0.25, 0.3) is 0 Å². The predicted molar refractivity (Wildman–Crippen MR) is 104 cm³/mol. The number of halogens is 2. The van der Waals surface area contributed by atoms with E-state index in [4.69, 9.17) is 0 Å². The molecule has 0 bridgehead atoms. The Hall–Kier alpha value is -1.22. The van der Waals surface area contributed by atoms with Crippen LogP contribution in [-0.4, -0.2) is 62.8 Å². The van der Waals surface area contributed by atoms with Crippen molar-refractivity contribution in [3.8, 4) is 0 Å². The molecule has 0 radical (unpaired) electrons. The van der Waals surface area contributed by atoms with E-state index in [9.17, 15) is 17.6 Å². The number of amides is 1. The molecule has 0 saturated carbocycles. The van der Waals surface area contributed by atoms with E-state index in [0.717, 1.165) is 38.1 Å². The van der Waals surface area contributed by atoms with Crippen molar-refractivity contribution < 1.29 is 17.6 Å². The van der Waals surface area contributed by atoms with Crippen molar-refractivity contribution in [3.05, 3.63) is 30.1 Å². The number of rotatable bonds is 5. The van der Waals surface area contributed by atoms with Crippen molar-refractivity contribution in [2.75, 3.05) is 33.2 Å². The summed E-state index contributed by atoms with van der Waals surface area (Å²) in [6.07, 6.45) is 3.33. The number of carbonyl (C=O) groups is 1. The van der Waals surface area contributed by atoms with E-state index in [2.05, 4.69) is 5.32 Å². The highest BCUT2D eigenvalue weighted by atomic mass is 35.5. The number of nitrogens with one attached hydrogen (secondary N) is 1. The maximum Gasteiger partial charge on any atom is 0.243 e. The van der Waals surface area contributed by atoms with Crippen molar-refractivity contribution in [1.29, 1.82) is 0 Å². The molecule has 2 aliphatic rings. The van der Waals surface area contributed by atoms with Gasteiger partial charge in [-0.2, -0.15) is 4.31 Å². The van der Waals surface area contributed by atoms with Crippen molar-refractivity contribution in [1.82, 2.24) is 14.5 Å². The summed E-state index contributed by atoms with van der Waals surface area (Å²) < 4.78 is 40.1. The number of hydrogen-bond donors (Lipinski definition) is 1. The Labute approximate surface area is 166 Å². The summed E-state index contributed by atoms with van der Waals surface area (Å²) in [4.78, 5) is 14.9. The van der Waals surface area contributed by atoms with Gasteiger partial charge in [-0.3, -0.25) is 4.79 Å². The van der Waals surface area contributed by atoms with Crippen LogP contribution < -0.4 is 5.32 Å². The van der Waals surface area contributed by atoms with E-state index in [1.807, 2.05) is 11.9 Å². The largest absolute Gasteiger partial charge is 0.338 e. The molecule has 9 heteroatoms. The number of likely N-dealkylation sites (N-methyl/N-ethyl adjacent to an activating group) is 1. The first-order valence-electron chi connectivity index (χ1n) is 9.14. The minimum absolute atomic E-state index is 0. The Balaban J connectivity index is 0.00000261. The molecule has 2 heterocycles. The smallest absolute Gasteiger partial charge is 0.243 e. The molecule has 1 N–H and O–H groups in total. The van der Waals surface area contributed by atoms with Crippen LogP contribution in [0.25, 0.3) is 0 Å². The third kappa shape index (κ3) is 4.80.